The van der Waals surface area contributed by atoms with E-state index >= 15 is 0 Å². The molecule has 0 aliphatic carbocycles. The number of oxazole rings is 1. The molecule has 6 heteroatoms. The van der Waals surface area contributed by atoms with Crippen molar-refractivity contribution in [3.05, 3.63) is 22.7 Å². The number of hydrogen-bond acceptors (Lipinski definition) is 5. The molecule has 0 radical (unpaired) electrons. The molecule has 0 bridgehead atoms. The summed E-state index contributed by atoms with van der Waals surface area (Å²) in [4.78, 5) is 16.2. The number of rotatable bonds is 7. The third-order valence-corrected chi connectivity index (χ3v) is 3.80. The van der Waals surface area contributed by atoms with Crippen molar-refractivity contribution in [3.8, 4) is 0 Å². The minimum absolute atomic E-state index is 0.374. The van der Waals surface area contributed by atoms with Crippen LogP contribution in [0.4, 0.5) is 11.4 Å². The lowest BCUT2D eigenvalue weighted by atomic mass is 10.1. The van der Waals surface area contributed by atoms with E-state index in [-0.39, 0.29) is 0 Å². The third kappa shape index (κ3) is 3.21. The van der Waals surface area contributed by atoms with E-state index in [2.05, 4.69) is 23.7 Å². The predicted octanol–water partition coefficient (Wildman–Crippen LogP) is 2.34. The van der Waals surface area contributed by atoms with Crippen LogP contribution in [0.2, 0.25) is 0 Å². The van der Waals surface area contributed by atoms with Crippen molar-refractivity contribution in [1.82, 2.24) is 4.98 Å². The summed E-state index contributed by atoms with van der Waals surface area (Å²) < 4.78 is 10.2. The molecule has 6 nitrogen and oxygen atoms in total. The fourth-order valence-electron chi connectivity index (χ4n) is 2.67. The number of hydrogen-bond donors (Lipinski definition) is 2. The van der Waals surface area contributed by atoms with Gasteiger partial charge in [0.1, 0.15) is 0 Å². The lowest BCUT2D eigenvalue weighted by Crippen LogP contribution is -2.37. The standard InChI is InChI=1S/C15H23N3O3/c1-4-10(5-2)18(6-7-20-3)13-9-12-14(8-11(13)16)21-15(19)17-12/h8-10H,4-7,16H2,1-3H3,(H,17,19). The van der Waals surface area contributed by atoms with Gasteiger partial charge < -0.3 is 19.8 Å². The van der Waals surface area contributed by atoms with Crippen molar-refractivity contribution in [1.29, 1.82) is 0 Å². The van der Waals surface area contributed by atoms with Gasteiger partial charge in [-0.05, 0) is 18.9 Å². The summed E-state index contributed by atoms with van der Waals surface area (Å²) in [6.45, 7) is 5.68. The summed E-state index contributed by atoms with van der Waals surface area (Å²) in [7, 11) is 1.69. The highest BCUT2D eigenvalue weighted by molar-refractivity contribution is 5.85. The van der Waals surface area contributed by atoms with Crippen LogP contribution in [0, 0.1) is 0 Å². The molecule has 0 amide bonds. The zero-order chi connectivity index (χ0) is 15.4. The van der Waals surface area contributed by atoms with Crippen LogP contribution < -0.4 is 16.4 Å². The van der Waals surface area contributed by atoms with E-state index in [1.54, 1.807) is 13.2 Å². The summed E-state index contributed by atoms with van der Waals surface area (Å²) in [5, 5.41) is 0. The monoisotopic (exact) mass is 293 g/mol. The van der Waals surface area contributed by atoms with Gasteiger partial charge >= 0.3 is 5.76 Å². The molecule has 2 rings (SSSR count). The number of benzene rings is 1. The molecule has 3 N–H and O–H groups in total. The van der Waals surface area contributed by atoms with E-state index in [1.165, 1.54) is 0 Å². The molecule has 116 valence electrons. The van der Waals surface area contributed by atoms with Crippen LogP contribution in [0.25, 0.3) is 11.1 Å². The van der Waals surface area contributed by atoms with E-state index in [1.807, 2.05) is 6.07 Å². The minimum atomic E-state index is -0.465. The van der Waals surface area contributed by atoms with Crippen LogP contribution in [0.15, 0.2) is 21.3 Å². The largest absolute Gasteiger partial charge is 0.417 e. The Balaban J connectivity index is 2.46. The molecule has 21 heavy (non-hydrogen) atoms. The van der Waals surface area contributed by atoms with E-state index < -0.39 is 5.76 Å². The number of aromatic amines is 1. The number of nitrogen functional groups attached to an aromatic ring is 1. The molecule has 0 aliphatic rings. The average Bonchev–Trinajstić information content (AvgIpc) is 2.82. The molecule has 1 aromatic heterocycles. The van der Waals surface area contributed by atoms with Crippen LogP contribution in [-0.4, -0.2) is 31.3 Å². The number of aromatic nitrogens is 1. The molecule has 0 fully saturated rings. The van der Waals surface area contributed by atoms with Crippen molar-refractivity contribution in [2.24, 2.45) is 0 Å². The van der Waals surface area contributed by atoms with Crippen LogP contribution in [0.5, 0.6) is 0 Å². The molecular formula is C15H23N3O3. The quantitative estimate of drug-likeness (QED) is 0.765. The fraction of sp³-hybridized carbons (Fsp3) is 0.533. The molecule has 0 saturated carbocycles. The molecular weight excluding hydrogens is 270 g/mol. The Hall–Kier alpha value is -1.95. The number of methoxy groups -OCH3 is 1. The average molecular weight is 293 g/mol. The predicted molar refractivity (Wildman–Crippen MR) is 84.8 cm³/mol. The van der Waals surface area contributed by atoms with Crippen LogP contribution in [0.3, 0.4) is 0 Å². The summed E-state index contributed by atoms with van der Waals surface area (Å²) in [5.41, 5.74) is 8.82. The molecule has 0 spiro atoms. The van der Waals surface area contributed by atoms with Gasteiger partial charge in [0.05, 0.1) is 23.5 Å². The summed E-state index contributed by atoms with van der Waals surface area (Å²) in [5.74, 6) is -0.465. The Kier molecular flexibility index (Phi) is 4.90. The van der Waals surface area contributed by atoms with Crippen molar-refractivity contribution in [3.63, 3.8) is 0 Å². The summed E-state index contributed by atoms with van der Waals surface area (Å²) in [6.07, 6.45) is 2.03. The Morgan fingerprint density at radius 1 is 1.38 bits per heavy atom. The van der Waals surface area contributed by atoms with Crippen molar-refractivity contribution in [2.75, 3.05) is 30.9 Å². The zero-order valence-electron chi connectivity index (χ0n) is 12.8. The first-order valence-corrected chi connectivity index (χ1v) is 7.28. The lowest BCUT2D eigenvalue weighted by molar-refractivity contribution is 0.202. The molecule has 0 atom stereocenters. The molecule has 1 heterocycles. The van der Waals surface area contributed by atoms with Crippen LogP contribution >= 0.6 is 0 Å². The number of nitrogens with zero attached hydrogens (tertiary/aromatic N) is 1. The Morgan fingerprint density at radius 3 is 2.71 bits per heavy atom. The van der Waals surface area contributed by atoms with E-state index in [4.69, 9.17) is 14.9 Å². The summed E-state index contributed by atoms with van der Waals surface area (Å²) in [6, 6.07) is 3.95. The van der Waals surface area contributed by atoms with Crippen LogP contribution in [-0.2, 0) is 4.74 Å². The first-order chi connectivity index (χ1) is 10.1. The molecule has 0 unspecified atom stereocenters. The van der Waals surface area contributed by atoms with Gasteiger partial charge in [-0.15, -0.1) is 0 Å². The molecule has 1 aromatic carbocycles. The maximum atomic E-state index is 11.3. The summed E-state index contributed by atoms with van der Waals surface area (Å²) >= 11 is 0. The Morgan fingerprint density at radius 2 is 2.10 bits per heavy atom. The smallest absolute Gasteiger partial charge is 0.408 e. The van der Waals surface area contributed by atoms with Gasteiger partial charge in [-0.2, -0.15) is 0 Å². The zero-order valence-corrected chi connectivity index (χ0v) is 12.8. The van der Waals surface area contributed by atoms with Crippen molar-refractivity contribution >= 4 is 22.5 Å². The lowest BCUT2D eigenvalue weighted by Gasteiger charge is -2.33. The second kappa shape index (κ2) is 6.67. The SMILES string of the molecule is CCC(CC)N(CCOC)c1cc2[nH]c(=O)oc2cc1N. The number of nitrogens with two attached hydrogens (primary N) is 1. The topological polar surface area (TPSA) is 84.5 Å². The first-order valence-electron chi connectivity index (χ1n) is 7.28. The molecule has 0 saturated heterocycles. The Labute approximate surface area is 123 Å². The second-order valence-corrected chi connectivity index (χ2v) is 5.08. The van der Waals surface area contributed by atoms with Gasteiger partial charge in [-0.1, -0.05) is 13.8 Å². The van der Waals surface area contributed by atoms with Gasteiger partial charge in [0, 0.05) is 25.8 Å². The van der Waals surface area contributed by atoms with Crippen LogP contribution in [0.1, 0.15) is 26.7 Å². The highest BCUT2D eigenvalue weighted by atomic mass is 16.5. The maximum absolute atomic E-state index is 11.3. The molecule has 2 aromatic rings. The van der Waals surface area contributed by atoms with Gasteiger partial charge in [-0.3, -0.25) is 4.98 Å². The van der Waals surface area contributed by atoms with Gasteiger partial charge in [-0.25, -0.2) is 4.79 Å². The fourth-order valence-corrected chi connectivity index (χ4v) is 2.67. The second-order valence-electron chi connectivity index (χ2n) is 5.08. The Bertz CT molecular complexity index is 643. The number of anilines is 2. The van der Waals surface area contributed by atoms with E-state index in [9.17, 15) is 4.79 Å². The minimum Gasteiger partial charge on any atom is -0.408 e. The van der Waals surface area contributed by atoms with E-state index in [0.717, 1.165) is 25.1 Å². The number of fused-ring (bicyclic) bond motifs is 1. The third-order valence-electron chi connectivity index (χ3n) is 3.80. The number of H-pyrrole nitrogens is 1. The number of ether oxygens (including phenoxy) is 1. The van der Waals surface area contributed by atoms with Gasteiger partial charge in [0.25, 0.3) is 0 Å². The first kappa shape index (κ1) is 15.4. The van der Waals surface area contributed by atoms with Gasteiger partial charge in [0.15, 0.2) is 5.58 Å². The van der Waals surface area contributed by atoms with Crippen molar-refractivity contribution < 1.29 is 9.15 Å². The van der Waals surface area contributed by atoms with E-state index in [0.29, 0.717) is 29.4 Å². The number of nitrogens with one attached hydrogen (secondary N) is 1. The maximum Gasteiger partial charge on any atom is 0.417 e. The highest BCUT2D eigenvalue weighted by Crippen LogP contribution is 2.30. The normalized spacial score (nSPS) is 11.4. The van der Waals surface area contributed by atoms with Gasteiger partial charge in [0.2, 0.25) is 0 Å². The highest BCUT2D eigenvalue weighted by Gasteiger charge is 2.19. The van der Waals surface area contributed by atoms with Crippen molar-refractivity contribution in [2.45, 2.75) is 32.7 Å². The molecule has 0 aliphatic heterocycles.